The zero-order valence-electron chi connectivity index (χ0n) is 20.4. The Morgan fingerprint density at radius 3 is 2.40 bits per heavy atom. The lowest BCUT2D eigenvalue weighted by molar-refractivity contribution is 0.0488. The minimum atomic E-state index is -0.852. The van der Waals surface area contributed by atoms with Crippen molar-refractivity contribution in [2.75, 3.05) is 10.6 Å². The van der Waals surface area contributed by atoms with Crippen LogP contribution >= 0.6 is 0 Å². The number of aromatic nitrogens is 1. The molecule has 0 aliphatic heterocycles. The third-order valence-electron chi connectivity index (χ3n) is 5.56. The standard InChI is InChI=1S/C25H32FN5O4/c1-14(32)15-8-7-9-16(12-15)28-22-17(21(27)33)13-18(26)23(31-22)29-19-10-5-6-11-20(19)30-24(34)35-25(2,3)4/h7-9,12-13,19-20H,5-6,10-11H2,1-4H3,(H2,27,33)(H,30,34)(H2,28,29,31)/t19-,20+/m1/s1. The average Bonchev–Trinajstić information content (AvgIpc) is 2.75. The van der Waals surface area contributed by atoms with Crippen molar-refractivity contribution < 1.29 is 23.5 Å². The Hall–Kier alpha value is -3.69. The van der Waals surface area contributed by atoms with Crippen LogP contribution in [-0.4, -0.2) is 40.5 Å². The molecule has 0 unspecified atom stereocenters. The van der Waals surface area contributed by atoms with Gasteiger partial charge in [-0.15, -0.1) is 0 Å². The monoisotopic (exact) mass is 485 g/mol. The molecule has 9 nitrogen and oxygen atoms in total. The number of ketones is 1. The van der Waals surface area contributed by atoms with Crippen LogP contribution < -0.4 is 21.7 Å². The lowest BCUT2D eigenvalue weighted by Crippen LogP contribution is -2.50. The van der Waals surface area contributed by atoms with E-state index < -0.39 is 23.4 Å². The molecule has 0 saturated heterocycles. The molecule has 1 aromatic carbocycles. The second kappa shape index (κ2) is 10.7. The predicted molar refractivity (Wildman–Crippen MR) is 131 cm³/mol. The van der Waals surface area contributed by atoms with Gasteiger partial charge in [0.05, 0.1) is 11.6 Å². The number of hydrogen-bond donors (Lipinski definition) is 4. The number of benzene rings is 1. The molecule has 1 aliphatic carbocycles. The lowest BCUT2D eigenvalue weighted by atomic mass is 9.90. The van der Waals surface area contributed by atoms with E-state index in [1.807, 2.05) is 0 Å². The molecule has 3 rings (SSSR count). The van der Waals surface area contributed by atoms with Crippen molar-refractivity contribution in [2.45, 2.75) is 71.1 Å². The maximum atomic E-state index is 14.9. The van der Waals surface area contributed by atoms with Crippen LogP contribution in [0.1, 0.15) is 74.1 Å². The van der Waals surface area contributed by atoms with Gasteiger partial charge >= 0.3 is 6.09 Å². The van der Waals surface area contributed by atoms with Gasteiger partial charge in [-0.2, -0.15) is 0 Å². The van der Waals surface area contributed by atoms with Crippen LogP contribution in [-0.2, 0) is 4.74 Å². The van der Waals surface area contributed by atoms with E-state index in [4.69, 9.17) is 10.5 Å². The maximum absolute atomic E-state index is 14.9. The summed E-state index contributed by atoms with van der Waals surface area (Å²) in [5.74, 6) is -1.75. The molecule has 1 heterocycles. The first-order valence-electron chi connectivity index (χ1n) is 11.6. The predicted octanol–water partition coefficient (Wildman–Crippen LogP) is 4.51. The number of rotatable bonds is 7. The Morgan fingerprint density at radius 1 is 1.09 bits per heavy atom. The Bertz CT molecular complexity index is 1120. The molecule has 0 radical (unpaired) electrons. The lowest BCUT2D eigenvalue weighted by Gasteiger charge is -2.34. The van der Waals surface area contributed by atoms with Crippen LogP contribution in [0.25, 0.3) is 0 Å². The highest BCUT2D eigenvalue weighted by atomic mass is 19.1. The van der Waals surface area contributed by atoms with Crippen LogP contribution in [0.5, 0.6) is 0 Å². The van der Waals surface area contributed by atoms with Gasteiger partial charge in [0.15, 0.2) is 17.4 Å². The normalized spacial score (nSPS) is 17.9. The Balaban J connectivity index is 1.85. The van der Waals surface area contributed by atoms with Gasteiger partial charge in [0.1, 0.15) is 11.4 Å². The third kappa shape index (κ3) is 7.14. The van der Waals surface area contributed by atoms with Crippen LogP contribution in [0.2, 0.25) is 0 Å². The number of nitrogens with two attached hydrogens (primary N) is 1. The van der Waals surface area contributed by atoms with E-state index >= 15 is 0 Å². The summed E-state index contributed by atoms with van der Waals surface area (Å²) < 4.78 is 20.3. The molecule has 2 aromatic rings. The minimum absolute atomic E-state index is 0.0505. The number of primary amides is 1. The Kier molecular flexibility index (Phi) is 7.93. The number of nitrogens with zero attached hydrogens (tertiary/aromatic N) is 1. The van der Waals surface area contributed by atoms with Gasteiger partial charge in [0.25, 0.3) is 5.91 Å². The zero-order valence-corrected chi connectivity index (χ0v) is 20.4. The van der Waals surface area contributed by atoms with Crippen LogP contribution in [0.4, 0.5) is 26.5 Å². The van der Waals surface area contributed by atoms with E-state index in [-0.39, 0.29) is 35.1 Å². The van der Waals surface area contributed by atoms with Gasteiger partial charge in [-0.1, -0.05) is 25.0 Å². The summed E-state index contributed by atoms with van der Waals surface area (Å²) in [4.78, 5) is 40.3. The summed E-state index contributed by atoms with van der Waals surface area (Å²) in [6, 6.07) is 7.07. The van der Waals surface area contributed by atoms with Gasteiger partial charge in [0, 0.05) is 17.3 Å². The molecular weight excluding hydrogens is 453 g/mol. The van der Waals surface area contributed by atoms with E-state index in [0.29, 0.717) is 24.1 Å². The van der Waals surface area contributed by atoms with E-state index in [2.05, 4.69) is 20.9 Å². The zero-order chi connectivity index (χ0) is 25.8. The SMILES string of the molecule is CC(=O)c1cccc(Nc2nc(N[C@@H]3CCCC[C@@H]3NC(=O)OC(C)(C)C)c(F)cc2C(N)=O)c1. The summed E-state index contributed by atoms with van der Waals surface area (Å²) >= 11 is 0. The highest BCUT2D eigenvalue weighted by molar-refractivity contribution is 5.99. The number of carbonyl (C=O) groups excluding carboxylic acids is 3. The summed E-state index contributed by atoms with van der Waals surface area (Å²) in [5.41, 5.74) is 5.65. The molecule has 2 atom stereocenters. The number of hydrogen-bond acceptors (Lipinski definition) is 7. The van der Waals surface area contributed by atoms with Crippen molar-refractivity contribution in [2.24, 2.45) is 5.73 Å². The van der Waals surface area contributed by atoms with Crippen molar-refractivity contribution in [3.63, 3.8) is 0 Å². The highest BCUT2D eigenvalue weighted by Gasteiger charge is 2.30. The van der Waals surface area contributed by atoms with E-state index in [0.717, 1.165) is 18.9 Å². The number of anilines is 3. The Labute approximate surface area is 204 Å². The molecule has 0 bridgehead atoms. The van der Waals surface area contributed by atoms with Crippen molar-refractivity contribution in [3.8, 4) is 0 Å². The van der Waals surface area contributed by atoms with Crippen molar-refractivity contribution in [3.05, 3.63) is 47.3 Å². The fraction of sp³-hybridized carbons (Fsp3) is 0.440. The summed E-state index contributed by atoms with van der Waals surface area (Å²) in [5, 5.41) is 8.92. The van der Waals surface area contributed by atoms with Crippen LogP contribution in [0.3, 0.4) is 0 Å². The first-order valence-corrected chi connectivity index (χ1v) is 11.6. The largest absolute Gasteiger partial charge is 0.444 e. The number of halogens is 1. The number of pyridine rings is 1. The number of ether oxygens (including phenoxy) is 1. The molecule has 1 saturated carbocycles. The Morgan fingerprint density at radius 2 is 1.77 bits per heavy atom. The van der Waals surface area contributed by atoms with E-state index in [9.17, 15) is 18.8 Å². The second-order valence-corrected chi connectivity index (χ2v) is 9.63. The quantitative estimate of drug-likeness (QED) is 0.424. The molecule has 1 aliphatic rings. The van der Waals surface area contributed by atoms with Gasteiger partial charge < -0.3 is 26.4 Å². The molecule has 35 heavy (non-hydrogen) atoms. The van der Waals surface area contributed by atoms with Crippen molar-refractivity contribution in [1.82, 2.24) is 10.3 Å². The number of alkyl carbamates (subject to hydrolysis) is 1. The molecule has 1 fully saturated rings. The van der Waals surface area contributed by atoms with Gasteiger partial charge in [0.2, 0.25) is 0 Å². The summed E-state index contributed by atoms with van der Waals surface area (Å²) in [7, 11) is 0. The van der Waals surface area contributed by atoms with Gasteiger partial charge in [-0.3, -0.25) is 9.59 Å². The average molecular weight is 486 g/mol. The van der Waals surface area contributed by atoms with Gasteiger partial charge in [-0.25, -0.2) is 14.2 Å². The molecule has 5 N–H and O–H groups in total. The number of amides is 2. The van der Waals surface area contributed by atoms with Crippen LogP contribution in [0, 0.1) is 5.82 Å². The second-order valence-electron chi connectivity index (χ2n) is 9.63. The number of carbonyl (C=O) groups is 3. The molecule has 10 heteroatoms. The molecule has 1 aromatic heterocycles. The fourth-order valence-electron chi connectivity index (χ4n) is 3.94. The number of nitrogens with one attached hydrogen (secondary N) is 3. The summed E-state index contributed by atoms with van der Waals surface area (Å²) in [6.45, 7) is 6.79. The van der Waals surface area contributed by atoms with Gasteiger partial charge in [-0.05, 0) is 58.7 Å². The van der Waals surface area contributed by atoms with E-state index in [1.165, 1.54) is 6.92 Å². The van der Waals surface area contributed by atoms with Crippen molar-refractivity contribution in [1.29, 1.82) is 0 Å². The molecular formula is C25H32FN5O4. The molecule has 188 valence electrons. The third-order valence-corrected chi connectivity index (χ3v) is 5.56. The first kappa shape index (κ1) is 25.9. The molecule has 0 spiro atoms. The maximum Gasteiger partial charge on any atom is 0.407 e. The fourth-order valence-corrected chi connectivity index (χ4v) is 3.94. The summed E-state index contributed by atoms with van der Waals surface area (Å²) in [6.07, 6.45) is 2.65. The smallest absolute Gasteiger partial charge is 0.407 e. The van der Waals surface area contributed by atoms with E-state index in [1.54, 1.807) is 45.0 Å². The molecule has 2 amide bonds. The highest BCUT2D eigenvalue weighted by Crippen LogP contribution is 2.28. The van der Waals surface area contributed by atoms with Crippen molar-refractivity contribution >= 4 is 35.1 Å². The number of Topliss-reactive ketones (excluding diaryl/α,β-unsaturated/α-hetero) is 1. The minimum Gasteiger partial charge on any atom is -0.444 e. The topological polar surface area (TPSA) is 135 Å². The first-order chi connectivity index (χ1) is 16.4. The van der Waals surface area contributed by atoms with Crippen LogP contribution in [0.15, 0.2) is 30.3 Å².